The molecule has 21 heavy (non-hydrogen) atoms. The summed E-state index contributed by atoms with van der Waals surface area (Å²) in [5.74, 6) is 1.07. The van der Waals surface area contributed by atoms with Crippen LogP contribution in [0, 0.1) is 0 Å². The molecule has 0 aromatic carbocycles. The molecule has 4 nitrogen and oxygen atoms in total. The van der Waals surface area contributed by atoms with Crippen molar-refractivity contribution < 1.29 is 4.74 Å². The van der Waals surface area contributed by atoms with Crippen LogP contribution in [0.4, 0.5) is 5.82 Å². The second-order valence-corrected chi connectivity index (χ2v) is 6.76. The van der Waals surface area contributed by atoms with Gasteiger partial charge in [-0.1, -0.05) is 13.8 Å². The van der Waals surface area contributed by atoms with E-state index in [9.17, 15) is 0 Å². The van der Waals surface area contributed by atoms with Crippen molar-refractivity contribution in [2.45, 2.75) is 52.3 Å². The molecule has 0 saturated carbocycles. The average molecular weight is 356 g/mol. The third-order valence-corrected chi connectivity index (χ3v) is 4.17. The summed E-state index contributed by atoms with van der Waals surface area (Å²) in [5.41, 5.74) is 1.23. The van der Waals surface area contributed by atoms with E-state index in [4.69, 9.17) is 4.74 Å². The van der Waals surface area contributed by atoms with Gasteiger partial charge in [0, 0.05) is 48.5 Å². The minimum Gasteiger partial charge on any atom is -0.376 e. The molecule has 1 aliphatic rings. The van der Waals surface area contributed by atoms with Gasteiger partial charge in [-0.2, -0.15) is 0 Å². The van der Waals surface area contributed by atoms with E-state index in [1.165, 1.54) is 12.0 Å². The molecule has 0 aliphatic carbocycles. The summed E-state index contributed by atoms with van der Waals surface area (Å²) >= 11 is 3.53. The second-order valence-electron chi connectivity index (χ2n) is 5.85. The lowest BCUT2D eigenvalue weighted by Crippen LogP contribution is -2.34. The monoisotopic (exact) mass is 355 g/mol. The normalized spacial score (nSPS) is 18.4. The van der Waals surface area contributed by atoms with Gasteiger partial charge in [0.1, 0.15) is 5.82 Å². The number of rotatable bonds is 7. The van der Waals surface area contributed by atoms with Gasteiger partial charge >= 0.3 is 0 Å². The van der Waals surface area contributed by atoms with Crippen molar-refractivity contribution >= 4 is 21.7 Å². The van der Waals surface area contributed by atoms with Crippen LogP contribution in [0.15, 0.2) is 16.7 Å². The standard InChI is InChI=1S/C16H26BrN3O/c1-4-20(11-15-6-5-7-21-15)16-13(9-18-12(2)3)8-14(17)10-19-16/h8,10,12,15,18H,4-7,9,11H2,1-3H3. The van der Waals surface area contributed by atoms with E-state index < -0.39 is 0 Å². The first-order chi connectivity index (χ1) is 10.1. The van der Waals surface area contributed by atoms with Gasteiger partial charge in [0.2, 0.25) is 0 Å². The Morgan fingerprint density at radius 2 is 2.33 bits per heavy atom. The zero-order valence-corrected chi connectivity index (χ0v) is 14.8. The van der Waals surface area contributed by atoms with Crippen LogP contribution in [0.3, 0.4) is 0 Å². The molecule has 5 heteroatoms. The average Bonchev–Trinajstić information content (AvgIpc) is 2.96. The minimum absolute atomic E-state index is 0.348. The van der Waals surface area contributed by atoms with E-state index in [2.05, 4.69) is 58.0 Å². The summed E-state index contributed by atoms with van der Waals surface area (Å²) in [6.45, 7) is 10.1. The van der Waals surface area contributed by atoms with E-state index in [1.54, 1.807) is 0 Å². The molecule has 1 saturated heterocycles. The SMILES string of the molecule is CCN(CC1CCCO1)c1ncc(Br)cc1CNC(C)C. The lowest BCUT2D eigenvalue weighted by atomic mass is 10.2. The minimum atomic E-state index is 0.348. The zero-order chi connectivity index (χ0) is 15.2. The Morgan fingerprint density at radius 1 is 1.52 bits per heavy atom. The highest BCUT2D eigenvalue weighted by Crippen LogP contribution is 2.24. The number of aromatic nitrogens is 1. The maximum atomic E-state index is 5.77. The Kier molecular flexibility index (Phi) is 6.45. The quantitative estimate of drug-likeness (QED) is 0.813. The Hall–Kier alpha value is -0.650. The maximum Gasteiger partial charge on any atom is 0.133 e. The van der Waals surface area contributed by atoms with Crippen molar-refractivity contribution in [3.8, 4) is 0 Å². The predicted molar refractivity (Wildman–Crippen MR) is 90.8 cm³/mol. The first-order valence-corrected chi connectivity index (χ1v) is 8.63. The number of hydrogen-bond donors (Lipinski definition) is 1. The number of nitrogens with one attached hydrogen (secondary N) is 1. The molecular weight excluding hydrogens is 330 g/mol. The smallest absolute Gasteiger partial charge is 0.133 e. The van der Waals surface area contributed by atoms with Crippen LogP contribution in [-0.2, 0) is 11.3 Å². The van der Waals surface area contributed by atoms with Crippen LogP contribution in [0.5, 0.6) is 0 Å². The topological polar surface area (TPSA) is 37.4 Å². The van der Waals surface area contributed by atoms with Crippen molar-refractivity contribution in [1.29, 1.82) is 0 Å². The molecule has 2 rings (SSSR count). The molecule has 1 aromatic rings. The number of ether oxygens (including phenoxy) is 1. The molecule has 1 unspecified atom stereocenters. The number of hydrogen-bond acceptors (Lipinski definition) is 4. The van der Waals surface area contributed by atoms with Gasteiger partial charge in [0.25, 0.3) is 0 Å². The molecule has 2 heterocycles. The van der Waals surface area contributed by atoms with Gasteiger partial charge in [-0.05, 0) is 41.8 Å². The van der Waals surface area contributed by atoms with E-state index in [0.717, 1.165) is 43.0 Å². The Balaban J connectivity index is 2.13. The van der Waals surface area contributed by atoms with Crippen molar-refractivity contribution in [3.05, 3.63) is 22.3 Å². The van der Waals surface area contributed by atoms with E-state index in [1.807, 2.05) is 6.20 Å². The predicted octanol–water partition coefficient (Wildman–Crippen LogP) is 3.35. The van der Waals surface area contributed by atoms with Gasteiger partial charge in [0.15, 0.2) is 0 Å². The highest BCUT2D eigenvalue weighted by Gasteiger charge is 2.21. The summed E-state index contributed by atoms with van der Waals surface area (Å²) in [4.78, 5) is 6.99. The Bertz CT molecular complexity index is 447. The van der Waals surface area contributed by atoms with Crippen molar-refractivity contribution in [2.75, 3.05) is 24.6 Å². The van der Waals surface area contributed by atoms with Crippen molar-refractivity contribution in [3.63, 3.8) is 0 Å². The highest BCUT2D eigenvalue weighted by atomic mass is 79.9. The van der Waals surface area contributed by atoms with Gasteiger partial charge in [-0.3, -0.25) is 0 Å². The number of nitrogens with zero attached hydrogens (tertiary/aromatic N) is 2. The molecule has 0 bridgehead atoms. The van der Waals surface area contributed by atoms with Gasteiger partial charge < -0.3 is 15.0 Å². The lowest BCUT2D eigenvalue weighted by molar-refractivity contribution is 0.115. The third-order valence-electron chi connectivity index (χ3n) is 3.74. The van der Waals surface area contributed by atoms with Crippen molar-refractivity contribution in [2.24, 2.45) is 0 Å². The summed E-state index contributed by atoms with van der Waals surface area (Å²) in [6.07, 6.45) is 4.57. The first kappa shape index (κ1) is 16.7. The van der Waals surface area contributed by atoms with Crippen LogP contribution in [0.2, 0.25) is 0 Å². The molecule has 0 amide bonds. The van der Waals surface area contributed by atoms with Crippen LogP contribution in [0.1, 0.15) is 39.2 Å². The van der Waals surface area contributed by atoms with Crippen LogP contribution >= 0.6 is 15.9 Å². The van der Waals surface area contributed by atoms with Crippen LogP contribution < -0.4 is 10.2 Å². The molecule has 1 atom stereocenters. The number of anilines is 1. The molecule has 1 fully saturated rings. The van der Waals surface area contributed by atoms with Gasteiger partial charge in [-0.15, -0.1) is 0 Å². The van der Waals surface area contributed by atoms with E-state index in [-0.39, 0.29) is 0 Å². The Labute approximate surface area is 136 Å². The molecule has 1 aliphatic heterocycles. The number of halogens is 1. The van der Waals surface area contributed by atoms with Crippen LogP contribution in [0.25, 0.3) is 0 Å². The van der Waals surface area contributed by atoms with Crippen LogP contribution in [-0.4, -0.2) is 36.8 Å². The van der Waals surface area contributed by atoms with Crippen molar-refractivity contribution in [1.82, 2.24) is 10.3 Å². The summed E-state index contributed by atoms with van der Waals surface area (Å²) in [7, 11) is 0. The molecule has 0 radical (unpaired) electrons. The summed E-state index contributed by atoms with van der Waals surface area (Å²) in [6, 6.07) is 2.63. The zero-order valence-electron chi connectivity index (χ0n) is 13.2. The summed E-state index contributed by atoms with van der Waals surface area (Å²) in [5, 5.41) is 3.48. The number of pyridine rings is 1. The molecule has 0 spiro atoms. The molecule has 1 aromatic heterocycles. The molecule has 1 N–H and O–H groups in total. The largest absolute Gasteiger partial charge is 0.376 e. The first-order valence-electron chi connectivity index (χ1n) is 7.84. The third kappa shape index (κ3) is 4.94. The summed E-state index contributed by atoms with van der Waals surface area (Å²) < 4.78 is 6.80. The fourth-order valence-electron chi connectivity index (χ4n) is 2.60. The fraction of sp³-hybridized carbons (Fsp3) is 0.688. The van der Waals surface area contributed by atoms with E-state index in [0.29, 0.717) is 12.1 Å². The fourth-order valence-corrected chi connectivity index (χ4v) is 2.98. The maximum absolute atomic E-state index is 5.77. The second kappa shape index (κ2) is 8.11. The molecule has 118 valence electrons. The Morgan fingerprint density at radius 3 is 2.95 bits per heavy atom. The van der Waals surface area contributed by atoms with E-state index >= 15 is 0 Å². The molecular formula is C16H26BrN3O. The highest BCUT2D eigenvalue weighted by molar-refractivity contribution is 9.10. The lowest BCUT2D eigenvalue weighted by Gasteiger charge is -2.27. The number of likely N-dealkylation sites (N-methyl/N-ethyl adjacent to an activating group) is 1. The van der Waals surface area contributed by atoms with Gasteiger partial charge in [-0.25, -0.2) is 4.98 Å². The van der Waals surface area contributed by atoms with Gasteiger partial charge in [0.05, 0.1) is 6.10 Å².